The van der Waals surface area contributed by atoms with E-state index in [-0.39, 0.29) is 5.54 Å². The summed E-state index contributed by atoms with van der Waals surface area (Å²) in [6.45, 7) is 1.71. The summed E-state index contributed by atoms with van der Waals surface area (Å²) in [6.07, 6.45) is 7.03. The third-order valence-corrected chi connectivity index (χ3v) is 4.56. The van der Waals surface area contributed by atoms with Crippen molar-refractivity contribution in [3.63, 3.8) is 0 Å². The van der Waals surface area contributed by atoms with Gasteiger partial charge in [-0.3, -0.25) is 0 Å². The molecule has 0 bridgehead atoms. The molecular formula is C16H19NO2. The summed E-state index contributed by atoms with van der Waals surface area (Å²) in [5.74, 6) is 0.589. The molecule has 0 spiro atoms. The molecule has 1 aliphatic heterocycles. The summed E-state index contributed by atoms with van der Waals surface area (Å²) in [5, 5.41) is 0. The van der Waals surface area contributed by atoms with Crippen LogP contribution in [0.4, 0.5) is 0 Å². The van der Waals surface area contributed by atoms with Gasteiger partial charge in [-0.2, -0.15) is 4.99 Å². The van der Waals surface area contributed by atoms with Gasteiger partial charge in [0.05, 0.1) is 5.54 Å². The van der Waals surface area contributed by atoms with E-state index < -0.39 is 0 Å². The average Bonchev–Trinajstić information content (AvgIpc) is 2.44. The molecule has 0 radical (unpaired) electrons. The Balaban J connectivity index is 1.88. The van der Waals surface area contributed by atoms with Crippen molar-refractivity contribution in [3.8, 4) is 0 Å². The quantitative estimate of drug-likeness (QED) is 0.615. The maximum absolute atomic E-state index is 10.7. The molecule has 2 fully saturated rings. The van der Waals surface area contributed by atoms with Crippen molar-refractivity contribution in [3.05, 3.63) is 35.4 Å². The smallest absolute Gasteiger partial charge is 0.235 e. The zero-order chi connectivity index (χ0) is 13.1. The van der Waals surface area contributed by atoms with Crippen LogP contribution in [-0.2, 0) is 15.1 Å². The van der Waals surface area contributed by atoms with E-state index in [0.29, 0.717) is 5.92 Å². The third kappa shape index (κ3) is 2.36. The Morgan fingerprint density at radius 2 is 2.05 bits per heavy atom. The maximum atomic E-state index is 10.7. The second-order valence-corrected chi connectivity index (χ2v) is 5.60. The summed E-state index contributed by atoms with van der Waals surface area (Å²) in [4.78, 5) is 14.8. The molecule has 0 N–H and O–H groups in total. The summed E-state index contributed by atoms with van der Waals surface area (Å²) in [5.41, 5.74) is 2.28. The molecular weight excluding hydrogens is 238 g/mol. The van der Waals surface area contributed by atoms with Gasteiger partial charge in [0.25, 0.3) is 0 Å². The molecule has 0 atom stereocenters. The van der Waals surface area contributed by atoms with Crippen molar-refractivity contribution >= 4 is 6.08 Å². The minimum Gasteiger partial charge on any atom is -0.381 e. The van der Waals surface area contributed by atoms with Gasteiger partial charge in [-0.05, 0) is 49.1 Å². The van der Waals surface area contributed by atoms with Gasteiger partial charge in [0, 0.05) is 13.2 Å². The van der Waals surface area contributed by atoms with E-state index in [1.165, 1.54) is 11.1 Å². The summed E-state index contributed by atoms with van der Waals surface area (Å²) in [6, 6.07) is 8.63. The Labute approximate surface area is 113 Å². The molecule has 1 aromatic rings. The largest absolute Gasteiger partial charge is 0.381 e. The van der Waals surface area contributed by atoms with Gasteiger partial charge < -0.3 is 4.74 Å². The lowest BCUT2D eigenvalue weighted by molar-refractivity contribution is 0.0853. The lowest BCUT2D eigenvalue weighted by Gasteiger charge is -2.37. The Bertz CT molecular complexity index is 495. The molecule has 1 aliphatic carbocycles. The number of carbonyl (C=O) groups excluding carboxylic acids is 1. The van der Waals surface area contributed by atoms with Gasteiger partial charge in [-0.25, -0.2) is 4.79 Å². The first kappa shape index (κ1) is 12.6. The van der Waals surface area contributed by atoms with Crippen LogP contribution in [0.25, 0.3) is 0 Å². The molecule has 0 unspecified atom stereocenters. The molecule has 3 nitrogen and oxygen atoms in total. The van der Waals surface area contributed by atoms with E-state index in [0.717, 1.165) is 45.3 Å². The van der Waals surface area contributed by atoms with E-state index >= 15 is 0 Å². The zero-order valence-corrected chi connectivity index (χ0v) is 11.1. The molecule has 0 amide bonds. The van der Waals surface area contributed by atoms with Crippen molar-refractivity contribution in [1.29, 1.82) is 0 Å². The number of ether oxygens (including phenoxy) is 1. The maximum Gasteiger partial charge on any atom is 0.235 e. The third-order valence-electron chi connectivity index (χ3n) is 4.56. The summed E-state index contributed by atoms with van der Waals surface area (Å²) in [7, 11) is 0. The van der Waals surface area contributed by atoms with E-state index in [1.54, 1.807) is 6.08 Å². The highest BCUT2D eigenvalue weighted by Crippen LogP contribution is 2.45. The molecule has 1 saturated heterocycles. The number of benzene rings is 1. The molecule has 1 heterocycles. The lowest BCUT2D eigenvalue weighted by atomic mass is 9.71. The highest BCUT2D eigenvalue weighted by molar-refractivity contribution is 5.41. The van der Waals surface area contributed by atoms with E-state index in [2.05, 4.69) is 29.3 Å². The predicted octanol–water partition coefficient (Wildman–Crippen LogP) is 3.30. The minimum atomic E-state index is -0.275. The van der Waals surface area contributed by atoms with Crippen molar-refractivity contribution < 1.29 is 9.53 Å². The minimum absolute atomic E-state index is 0.275. The summed E-state index contributed by atoms with van der Waals surface area (Å²) >= 11 is 0. The van der Waals surface area contributed by atoms with E-state index in [4.69, 9.17) is 4.74 Å². The predicted molar refractivity (Wildman–Crippen MR) is 72.9 cm³/mol. The normalized spacial score (nSPS) is 22.3. The van der Waals surface area contributed by atoms with Gasteiger partial charge in [0.15, 0.2) is 0 Å². The van der Waals surface area contributed by atoms with Crippen molar-refractivity contribution in [1.82, 2.24) is 0 Å². The first-order chi connectivity index (χ1) is 9.34. The fraction of sp³-hybridized carbons (Fsp3) is 0.562. The van der Waals surface area contributed by atoms with Crippen LogP contribution in [0, 0.1) is 0 Å². The monoisotopic (exact) mass is 257 g/mol. The highest BCUT2D eigenvalue weighted by Gasteiger charge is 2.39. The molecule has 3 heteroatoms. The number of nitrogens with zero attached hydrogens (tertiary/aromatic N) is 1. The van der Waals surface area contributed by atoms with Crippen molar-refractivity contribution in [2.45, 2.75) is 43.6 Å². The van der Waals surface area contributed by atoms with Gasteiger partial charge in [-0.1, -0.05) is 24.3 Å². The standard InChI is InChI=1S/C16H19NO2/c18-12-17-16(7-2-8-16)15-4-1-3-14(11-15)13-5-9-19-10-6-13/h1,3-4,11,13H,2,5-10H2. The molecule has 2 aliphatic rings. The van der Waals surface area contributed by atoms with Crippen LogP contribution < -0.4 is 0 Å². The van der Waals surface area contributed by atoms with Crippen LogP contribution in [0.3, 0.4) is 0 Å². The molecule has 100 valence electrons. The topological polar surface area (TPSA) is 38.7 Å². The van der Waals surface area contributed by atoms with Crippen LogP contribution >= 0.6 is 0 Å². The number of rotatable bonds is 3. The van der Waals surface area contributed by atoms with Gasteiger partial charge >= 0.3 is 0 Å². The SMILES string of the molecule is O=C=NC1(c2cccc(C3CCOCC3)c2)CCC1. The van der Waals surface area contributed by atoms with Crippen molar-refractivity contribution in [2.75, 3.05) is 13.2 Å². The van der Waals surface area contributed by atoms with Crippen LogP contribution in [0.15, 0.2) is 29.3 Å². The van der Waals surface area contributed by atoms with Gasteiger partial charge in [0.1, 0.15) is 0 Å². The molecule has 1 aromatic carbocycles. The van der Waals surface area contributed by atoms with E-state index in [9.17, 15) is 4.79 Å². The number of aliphatic imine (C=N–C) groups is 1. The Kier molecular flexibility index (Phi) is 3.50. The molecule has 3 rings (SSSR count). The highest BCUT2D eigenvalue weighted by atomic mass is 16.5. The molecule has 0 aromatic heterocycles. The van der Waals surface area contributed by atoms with Crippen LogP contribution in [-0.4, -0.2) is 19.3 Å². The Morgan fingerprint density at radius 1 is 1.26 bits per heavy atom. The number of hydrogen-bond donors (Lipinski definition) is 0. The van der Waals surface area contributed by atoms with Crippen LogP contribution in [0.5, 0.6) is 0 Å². The number of isocyanates is 1. The van der Waals surface area contributed by atoms with Gasteiger partial charge in [0.2, 0.25) is 6.08 Å². The zero-order valence-electron chi connectivity index (χ0n) is 11.1. The van der Waals surface area contributed by atoms with E-state index in [1.807, 2.05) is 0 Å². The Hall–Kier alpha value is -1.44. The summed E-state index contributed by atoms with van der Waals surface area (Å²) < 4.78 is 5.42. The second kappa shape index (κ2) is 5.28. The number of hydrogen-bond acceptors (Lipinski definition) is 3. The lowest BCUT2D eigenvalue weighted by Crippen LogP contribution is -2.32. The molecule has 1 saturated carbocycles. The first-order valence-corrected chi connectivity index (χ1v) is 7.11. The fourth-order valence-corrected chi connectivity index (χ4v) is 3.18. The van der Waals surface area contributed by atoms with Crippen molar-refractivity contribution in [2.24, 2.45) is 4.99 Å². The van der Waals surface area contributed by atoms with Crippen LogP contribution in [0.1, 0.15) is 49.1 Å². The molecule has 19 heavy (non-hydrogen) atoms. The Morgan fingerprint density at radius 3 is 2.68 bits per heavy atom. The van der Waals surface area contributed by atoms with Crippen LogP contribution in [0.2, 0.25) is 0 Å². The second-order valence-electron chi connectivity index (χ2n) is 5.60. The first-order valence-electron chi connectivity index (χ1n) is 7.11. The average molecular weight is 257 g/mol. The van der Waals surface area contributed by atoms with Gasteiger partial charge in [-0.15, -0.1) is 0 Å². The fourth-order valence-electron chi connectivity index (χ4n) is 3.18.